The van der Waals surface area contributed by atoms with Gasteiger partial charge in [0, 0.05) is 36.6 Å². The third kappa shape index (κ3) is 6.75. The molecule has 6 N–H and O–H groups in total. The van der Waals surface area contributed by atoms with E-state index in [1.54, 1.807) is 23.9 Å². The molecule has 0 saturated carbocycles. The molecular formula is C26H37N7O7S. The summed E-state index contributed by atoms with van der Waals surface area (Å²) in [6, 6.07) is 1.98. The summed E-state index contributed by atoms with van der Waals surface area (Å²) < 4.78 is 7.64. The van der Waals surface area contributed by atoms with Gasteiger partial charge in [-0.3, -0.25) is 9.59 Å². The number of aliphatic hydroxyl groups is 2. The number of nitrogens with zero attached hydrogens (tertiary/aromatic N) is 4. The van der Waals surface area contributed by atoms with Crippen LogP contribution in [0.15, 0.2) is 18.6 Å². The molecule has 3 aliphatic rings. The van der Waals surface area contributed by atoms with E-state index >= 15 is 0 Å². The van der Waals surface area contributed by atoms with Crippen molar-refractivity contribution in [2.75, 3.05) is 31.2 Å². The third-order valence-electron chi connectivity index (χ3n) is 7.88. The van der Waals surface area contributed by atoms with Crippen molar-refractivity contribution in [1.29, 1.82) is 0 Å². The molecular weight excluding hydrogens is 554 g/mol. The second kappa shape index (κ2) is 12.9. The van der Waals surface area contributed by atoms with E-state index in [1.165, 1.54) is 6.33 Å². The van der Waals surface area contributed by atoms with Gasteiger partial charge in [0.25, 0.3) is 0 Å². The van der Waals surface area contributed by atoms with Crippen LogP contribution in [0.5, 0.6) is 0 Å². The normalized spacial score (nSPS) is 29.1. The fourth-order valence-corrected chi connectivity index (χ4v) is 7.30. The zero-order valence-corrected chi connectivity index (χ0v) is 23.6. The van der Waals surface area contributed by atoms with E-state index in [0.717, 1.165) is 18.6 Å². The fourth-order valence-electron chi connectivity index (χ4n) is 5.75. The van der Waals surface area contributed by atoms with Gasteiger partial charge in [-0.25, -0.2) is 14.8 Å². The van der Waals surface area contributed by atoms with Gasteiger partial charge in [0.15, 0.2) is 6.23 Å². The van der Waals surface area contributed by atoms with Crippen molar-refractivity contribution in [1.82, 2.24) is 30.1 Å². The Morgan fingerprint density at radius 1 is 1.20 bits per heavy atom. The molecule has 3 amide bonds. The molecule has 3 saturated heterocycles. The summed E-state index contributed by atoms with van der Waals surface area (Å²) >= 11 is 1.86. The first-order valence-electron chi connectivity index (χ1n) is 13.9. The summed E-state index contributed by atoms with van der Waals surface area (Å²) in [4.78, 5) is 45.5. The van der Waals surface area contributed by atoms with E-state index in [0.29, 0.717) is 54.5 Å². The SMILES string of the molecule is CN(CCCC(=O)O)C[C@H]1OC(n2ccc3c(NC(=O)CCCCC4SC[C@@H]5NC(=O)N[C@H]45)ncnc32)C(O)[C@@H]1O. The number of anilines is 1. The van der Waals surface area contributed by atoms with Crippen LogP contribution in [-0.2, 0) is 14.3 Å². The zero-order chi connectivity index (χ0) is 29.1. The Morgan fingerprint density at radius 2 is 2.02 bits per heavy atom. The van der Waals surface area contributed by atoms with Crippen molar-refractivity contribution in [2.45, 2.75) is 80.4 Å². The van der Waals surface area contributed by atoms with Crippen LogP contribution < -0.4 is 16.0 Å². The molecule has 0 aliphatic carbocycles. The first kappa shape index (κ1) is 29.5. The van der Waals surface area contributed by atoms with Gasteiger partial charge in [-0.15, -0.1) is 0 Å². The van der Waals surface area contributed by atoms with Crippen LogP contribution in [0.3, 0.4) is 0 Å². The van der Waals surface area contributed by atoms with Gasteiger partial charge in [0.1, 0.15) is 36.1 Å². The lowest BCUT2D eigenvalue weighted by atomic mass is 10.0. The van der Waals surface area contributed by atoms with E-state index in [1.807, 2.05) is 16.7 Å². The highest BCUT2D eigenvalue weighted by Crippen LogP contribution is 2.34. The molecule has 41 heavy (non-hydrogen) atoms. The zero-order valence-electron chi connectivity index (χ0n) is 22.8. The third-order valence-corrected chi connectivity index (χ3v) is 9.39. The van der Waals surface area contributed by atoms with Crippen molar-refractivity contribution in [3.63, 3.8) is 0 Å². The summed E-state index contributed by atoms with van der Waals surface area (Å²) in [5.74, 6) is 0.241. The number of amides is 3. The Hall–Kier alpha value is -2.98. The number of ether oxygens (including phenoxy) is 1. The van der Waals surface area contributed by atoms with E-state index < -0.39 is 30.5 Å². The predicted octanol–water partition coefficient (Wildman–Crippen LogP) is 0.511. The molecule has 0 bridgehead atoms. The Balaban J connectivity index is 1.14. The molecule has 3 aliphatic heterocycles. The highest BCUT2D eigenvalue weighted by atomic mass is 32.2. The Labute approximate surface area is 241 Å². The van der Waals surface area contributed by atoms with E-state index in [2.05, 4.69) is 25.9 Å². The van der Waals surface area contributed by atoms with Crippen molar-refractivity contribution >= 4 is 46.5 Å². The van der Waals surface area contributed by atoms with Crippen LogP contribution in [-0.4, -0.2) is 114 Å². The number of hydrogen-bond acceptors (Lipinski definition) is 10. The maximum atomic E-state index is 12.7. The summed E-state index contributed by atoms with van der Waals surface area (Å²) in [5, 5.41) is 40.0. The number of carboxylic acid groups (broad SMARTS) is 1. The first-order valence-corrected chi connectivity index (χ1v) is 15.0. The molecule has 5 rings (SSSR count). The Bertz CT molecular complexity index is 1260. The monoisotopic (exact) mass is 591 g/mol. The summed E-state index contributed by atoms with van der Waals surface area (Å²) in [6.45, 7) is 0.828. The molecule has 0 radical (unpaired) electrons. The highest BCUT2D eigenvalue weighted by molar-refractivity contribution is 8.00. The molecule has 14 nitrogen and oxygen atoms in total. The number of aliphatic hydroxyl groups excluding tert-OH is 2. The number of fused-ring (bicyclic) bond motifs is 2. The number of nitrogens with one attached hydrogen (secondary N) is 3. The minimum atomic E-state index is -1.21. The first-order chi connectivity index (χ1) is 19.7. The number of urea groups is 1. The van der Waals surface area contributed by atoms with Gasteiger partial charge in [-0.2, -0.15) is 11.8 Å². The molecule has 3 fully saturated rings. The van der Waals surface area contributed by atoms with Crippen molar-refractivity contribution in [3.8, 4) is 0 Å². The average molecular weight is 592 g/mol. The van der Waals surface area contributed by atoms with Gasteiger partial charge >= 0.3 is 12.0 Å². The van der Waals surface area contributed by atoms with Crippen LogP contribution >= 0.6 is 11.8 Å². The van der Waals surface area contributed by atoms with Gasteiger partial charge in [0.05, 0.1) is 17.5 Å². The molecule has 224 valence electrons. The molecule has 0 spiro atoms. The van der Waals surface area contributed by atoms with E-state index in [-0.39, 0.29) is 30.4 Å². The summed E-state index contributed by atoms with van der Waals surface area (Å²) in [6.07, 6.45) is 2.43. The van der Waals surface area contributed by atoms with Crippen molar-refractivity contribution in [3.05, 3.63) is 18.6 Å². The smallest absolute Gasteiger partial charge is 0.315 e. The lowest BCUT2D eigenvalue weighted by molar-refractivity contribution is -0.137. The molecule has 3 unspecified atom stereocenters. The van der Waals surface area contributed by atoms with Crippen molar-refractivity contribution < 1.29 is 34.4 Å². The standard InChI is InChI=1S/C26H37N7O7S/c1-32(9-4-7-19(35)36)11-16-21(37)22(38)25(40-16)33-10-8-14-23(27-13-28-24(14)33)30-18(34)6-3-2-5-17-20-15(12-41-17)29-26(39)31-20/h8,10,13,15-17,20-22,25,37-38H,2-7,9,11-12H2,1H3,(H,35,36)(H2,29,31,39)(H,27,28,30,34)/t15-,16+,17?,20-,21+,22?,25?/m0/s1. The predicted molar refractivity (Wildman–Crippen MR) is 150 cm³/mol. The van der Waals surface area contributed by atoms with Gasteiger partial charge in [-0.05, 0) is 38.9 Å². The highest BCUT2D eigenvalue weighted by Gasteiger charge is 2.45. The second-order valence-electron chi connectivity index (χ2n) is 10.9. The van der Waals surface area contributed by atoms with Crippen LogP contribution in [0.4, 0.5) is 10.6 Å². The molecule has 2 aromatic rings. The molecule has 15 heteroatoms. The number of likely N-dealkylation sites (N-methyl/N-ethyl adjacent to an activating group) is 1. The number of aromatic nitrogens is 3. The number of aliphatic carboxylic acids is 1. The fraction of sp³-hybridized carbons (Fsp3) is 0.654. The number of thioether (sulfide) groups is 1. The maximum absolute atomic E-state index is 12.7. The summed E-state index contributed by atoms with van der Waals surface area (Å²) in [5.41, 5.74) is 0.446. The van der Waals surface area contributed by atoms with Crippen LogP contribution in [0.2, 0.25) is 0 Å². The number of unbranched alkanes of at least 4 members (excludes halogenated alkanes) is 1. The van der Waals surface area contributed by atoms with Crippen LogP contribution in [0, 0.1) is 0 Å². The number of hydrogen-bond donors (Lipinski definition) is 6. The Morgan fingerprint density at radius 3 is 2.83 bits per heavy atom. The number of carbonyl (C=O) groups is 3. The topological polar surface area (TPSA) is 191 Å². The van der Waals surface area contributed by atoms with Gasteiger partial charge in [-0.1, -0.05) is 6.42 Å². The lowest BCUT2D eigenvalue weighted by Crippen LogP contribution is -2.38. The van der Waals surface area contributed by atoms with Crippen LogP contribution in [0.1, 0.15) is 44.8 Å². The quantitative estimate of drug-likeness (QED) is 0.141. The lowest BCUT2D eigenvalue weighted by Gasteiger charge is -2.22. The minimum absolute atomic E-state index is 0.0524. The molecule has 0 aromatic carbocycles. The molecule has 5 heterocycles. The van der Waals surface area contributed by atoms with E-state index in [4.69, 9.17) is 9.84 Å². The number of carboxylic acids is 1. The minimum Gasteiger partial charge on any atom is -0.481 e. The summed E-state index contributed by atoms with van der Waals surface area (Å²) in [7, 11) is 1.81. The van der Waals surface area contributed by atoms with Crippen molar-refractivity contribution in [2.24, 2.45) is 0 Å². The second-order valence-corrected chi connectivity index (χ2v) is 12.2. The van der Waals surface area contributed by atoms with Gasteiger partial charge in [0.2, 0.25) is 5.91 Å². The Kier molecular flexibility index (Phi) is 9.28. The van der Waals surface area contributed by atoms with Crippen LogP contribution in [0.25, 0.3) is 11.0 Å². The van der Waals surface area contributed by atoms with Gasteiger partial charge < -0.3 is 45.5 Å². The van der Waals surface area contributed by atoms with E-state index in [9.17, 15) is 24.6 Å². The maximum Gasteiger partial charge on any atom is 0.315 e. The number of rotatable bonds is 13. The number of carbonyl (C=O) groups excluding carboxylic acids is 2. The molecule has 2 aromatic heterocycles. The molecule has 7 atom stereocenters. The largest absolute Gasteiger partial charge is 0.481 e. The average Bonchev–Trinajstić information content (AvgIpc) is 3.67.